The predicted molar refractivity (Wildman–Crippen MR) is 129 cm³/mol. The summed E-state index contributed by atoms with van der Waals surface area (Å²) in [4.78, 5) is 17.9. The smallest absolute Gasteiger partial charge is 0.333 e. The van der Waals surface area contributed by atoms with Gasteiger partial charge in [-0.3, -0.25) is 18.8 Å². The van der Waals surface area contributed by atoms with Gasteiger partial charge in [0.2, 0.25) is 0 Å². The highest BCUT2D eigenvalue weighted by Gasteiger charge is 2.19. The number of aromatic nitrogens is 5. The molecule has 8 nitrogen and oxygen atoms in total. The molecule has 0 unspecified atom stereocenters. The highest BCUT2D eigenvalue weighted by molar-refractivity contribution is 6.04. The van der Waals surface area contributed by atoms with Crippen LogP contribution in [0.3, 0.4) is 0 Å². The number of pyridine rings is 1. The first-order chi connectivity index (χ1) is 16.0. The van der Waals surface area contributed by atoms with E-state index >= 15 is 0 Å². The molecule has 0 saturated heterocycles. The number of rotatable bonds is 5. The first-order valence-electron chi connectivity index (χ1n) is 10.7. The number of benzene rings is 2. The van der Waals surface area contributed by atoms with E-state index in [-0.39, 0.29) is 5.69 Å². The zero-order valence-electron chi connectivity index (χ0n) is 19.3. The van der Waals surface area contributed by atoms with Crippen molar-refractivity contribution < 1.29 is 9.47 Å². The summed E-state index contributed by atoms with van der Waals surface area (Å²) in [6.45, 7) is 4.67. The van der Waals surface area contributed by atoms with Gasteiger partial charge >= 0.3 is 5.69 Å². The third kappa shape index (κ3) is 3.17. The van der Waals surface area contributed by atoms with Gasteiger partial charge in [0, 0.05) is 25.2 Å². The lowest BCUT2D eigenvalue weighted by Gasteiger charge is -2.11. The second kappa shape index (κ2) is 7.81. The highest BCUT2D eigenvalue weighted by atomic mass is 16.5. The first kappa shape index (κ1) is 20.8. The molecule has 0 fully saturated rings. The number of aryl methyl sites for hydroxylation is 3. The fraction of sp³-hybridized carbons (Fsp3) is 0.240. The minimum absolute atomic E-state index is 0.130. The van der Waals surface area contributed by atoms with Crippen LogP contribution in [0, 0.1) is 6.92 Å². The molecule has 5 rings (SSSR count). The predicted octanol–water partition coefficient (Wildman–Crippen LogP) is 4.09. The molecule has 0 N–H and O–H groups in total. The van der Waals surface area contributed by atoms with E-state index in [9.17, 15) is 4.79 Å². The Labute approximate surface area is 190 Å². The zero-order chi connectivity index (χ0) is 23.3. The maximum Gasteiger partial charge on any atom is 0.333 e. The fourth-order valence-corrected chi connectivity index (χ4v) is 4.30. The van der Waals surface area contributed by atoms with Crippen molar-refractivity contribution in [1.29, 1.82) is 0 Å². The average molecular weight is 444 g/mol. The van der Waals surface area contributed by atoms with Crippen LogP contribution >= 0.6 is 0 Å². The molecule has 0 aliphatic rings. The lowest BCUT2D eigenvalue weighted by molar-refractivity contribution is 0.355. The zero-order valence-corrected chi connectivity index (χ0v) is 19.3. The van der Waals surface area contributed by atoms with Gasteiger partial charge in [-0.2, -0.15) is 5.10 Å². The van der Waals surface area contributed by atoms with Gasteiger partial charge < -0.3 is 9.47 Å². The molecule has 168 valence electrons. The van der Waals surface area contributed by atoms with E-state index in [0.717, 1.165) is 51.0 Å². The van der Waals surface area contributed by atoms with Crippen molar-refractivity contribution in [2.45, 2.75) is 20.4 Å². The van der Waals surface area contributed by atoms with Crippen LogP contribution in [0.15, 0.2) is 53.6 Å². The molecule has 3 heterocycles. The molecule has 2 aromatic carbocycles. The van der Waals surface area contributed by atoms with Crippen LogP contribution in [0.25, 0.3) is 38.8 Å². The number of hydrogen-bond donors (Lipinski definition) is 0. The van der Waals surface area contributed by atoms with Gasteiger partial charge in [-0.25, -0.2) is 4.79 Å². The number of imidazole rings is 1. The first-order valence-corrected chi connectivity index (χ1v) is 10.7. The fourth-order valence-electron chi connectivity index (χ4n) is 4.30. The van der Waals surface area contributed by atoms with E-state index in [0.29, 0.717) is 11.5 Å². The van der Waals surface area contributed by atoms with Gasteiger partial charge in [-0.05, 0) is 49.2 Å². The van der Waals surface area contributed by atoms with Crippen molar-refractivity contribution in [2.75, 3.05) is 14.2 Å². The molecule has 8 heteroatoms. The number of fused-ring (bicyclic) bond motifs is 3. The Bertz CT molecular complexity index is 1580. The van der Waals surface area contributed by atoms with Crippen molar-refractivity contribution in [1.82, 2.24) is 23.9 Å². The summed E-state index contributed by atoms with van der Waals surface area (Å²) < 4.78 is 16.1. The largest absolute Gasteiger partial charge is 0.493 e. The van der Waals surface area contributed by atoms with E-state index < -0.39 is 0 Å². The quantitative estimate of drug-likeness (QED) is 0.409. The molecule has 0 radical (unpaired) electrons. The summed E-state index contributed by atoms with van der Waals surface area (Å²) in [7, 11) is 5.01. The van der Waals surface area contributed by atoms with Crippen molar-refractivity contribution in [2.24, 2.45) is 7.05 Å². The summed E-state index contributed by atoms with van der Waals surface area (Å²) >= 11 is 0. The van der Waals surface area contributed by atoms with Crippen molar-refractivity contribution in [3.63, 3.8) is 0 Å². The van der Waals surface area contributed by atoms with Crippen LogP contribution in [0.2, 0.25) is 0 Å². The van der Waals surface area contributed by atoms with E-state index in [4.69, 9.17) is 9.47 Å². The van der Waals surface area contributed by atoms with E-state index in [1.165, 1.54) is 0 Å². The summed E-state index contributed by atoms with van der Waals surface area (Å²) in [5.41, 5.74) is 5.80. The van der Waals surface area contributed by atoms with Crippen LogP contribution in [-0.2, 0) is 13.6 Å². The number of ether oxygens (including phenoxy) is 2. The Balaban J connectivity index is 1.82. The number of methoxy groups -OCH3 is 2. The molecule has 0 bridgehead atoms. The van der Waals surface area contributed by atoms with Crippen molar-refractivity contribution >= 4 is 21.9 Å². The minimum atomic E-state index is -0.130. The maximum atomic E-state index is 13.3. The minimum Gasteiger partial charge on any atom is -0.493 e. The second-order valence-electron chi connectivity index (χ2n) is 7.93. The molecule has 0 aliphatic carbocycles. The molecule has 0 spiro atoms. The molecule has 0 atom stereocenters. The third-order valence-electron chi connectivity index (χ3n) is 6.09. The number of nitrogens with zero attached hydrogens (tertiary/aromatic N) is 5. The van der Waals surface area contributed by atoms with Gasteiger partial charge in [0.05, 0.1) is 48.3 Å². The van der Waals surface area contributed by atoms with Crippen LogP contribution in [0.4, 0.5) is 0 Å². The van der Waals surface area contributed by atoms with Gasteiger partial charge in [0.1, 0.15) is 0 Å². The Hall–Kier alpha value is -4.07. The normalized spacial score (nSPS) is 11.4. The average Bonchev–Trinajstić information content (AvgIpc) is 3.34. The van der Waals surface area contributed by atoms with E-state index in [2.05, 4.69) is 16.1 Å². The monoisotopic (exact) mass is 443 g/mol. The standard InChI is InChI=1S/C25H25N5O3/c1-6-29-14-21(15(2)27-29)30-24-18-11-16(17-8-10-22(32-4)23(12-17)33-5)7-9-19(18)26-13-20(24)28(3)25(30)31/h7-14H,6H2,1-5H3. The molecule has 5 aromatic rings. The Morgan fingerprint density at radius 2 is 1.73 bits per heavy atom. The van der Waals surface area contributed by atoms with Crippen LogP contribution < -0.4 is 15.2 Å². The summed E-state index contributed by atoms with van der Waals surface area (Å²) in [5.74, 6) is 1.33. The molecule has 0 amide bonds. The summed E-state index contributed by atoms with van der Waals surface area (Å²) in [6, 6.07) is 11.9. The molecule has 0 aliphatic heterocycles. The van der Waals surface area contributed by atoms with Crippen LogP contribution in [-0.4, -0.2) is 38.1 Å². The molecular weight excluding hydrogens is 418 g/mol. The van der Waals surface area contributed by atoms with Crippen molar-refractivity contribution in [3.05, 3.63) is 65.0 Å². The number of hydrogen-bond acceptors (Lipinski definition) is 5. The summed E-state index contributed by atoms with van der Waals surface area (Å²) in [6.07, 6.45) is 3.67. The summed E-state index contributed by atoms with van der Waals surface area (Å²) in [5, 5.41) is 5.44. The Morgan fingerprint density at radius 1 is 1.00 bits per heavy atom. The second-order valence-corrected chi connectivity index (χ2v) is 7.93. The van der Waals surface area contributed by atoms with E-state index in [1.54, 1.807) is 36.6 Å². The lowest BCUT2D eigenvalue weighted by atomic mass is 10.0. The Kier molecular flexibility index (Phi) is 4.92. The van der Waals surface area contributed by atoms with Crippen LogP contribution in [0.1, 0.15) is 12.6 Å². The van der Waals surface area contributed by atoms with Gasteiger partial charge in [0.25, 0.3) is 0 Å². The highest BCUT2D eigenvalue weighted by Crippen LogP contribution is 2.35. The van der Waals surface area contributed by atoms with Gasteiger partial charge in [-0.1, -0.05) is 12.1 Å². The molecular formula is C25H25N5O3. The maximum absolute atomic E-state index is 13.3. The van der Waals surface area contributed by atoms with Crippen LogP contribution in [0.5, 0.6) is 11.5 Å². The van der Waals surface area contributed by atoms with Gasteiger partial charge in [0.15, 0.2) is 11.5 Å². The topological polar surface area (TPSA) is 76.1 Å². The lowest BCUT2D eigenvalue weighted by Crippen LogP contribution is -2.21. The SMILES string of the molecule is CCn1cc(-n2c(=O)n(C)c3cnc4ccc(-c5ccc(OC)c(OC)c5)cc4c32)c(C)n1. The van der Waals surface area contributed by atoms with E-state index in [1.807, 2.05) is 55.1 Å². The molecule has 0 saturated carbocycles. The van der Waals surface area contributed by atoms with Crippen molar-refractivity contribution in [3.8, 4) is 28.3 Å². The van der Waals surface area contributed by atoms with Gasteiger partial charge in [-0.15, -0.1) is 0 Å². The third-order valence-corrected chi connectivity index (χ3v) is 6.09. The molecule has 33 heavy (non-hydrogen) atoms. The molecule has 3 aromatic heterocycles. The Morgan fingerprint density at radius 3 is 2.42 bits per heavy atom.